The molecule has 37 heavy (non-hydrogen) atoms. The van der Waals surface area contributed by atoms with Gasteiger partial charge in [0.05, 0.1) is 12.1 Å². The molecule has 0 aliphatic heterocycles. The van der Waals surface area contributed by atoms with E-state index in [2.05, 4.69) is 14.8 Å². The number of aryl methyl sites for hydroxylation is 1. The molecular formula is C24H21F3N3O6P. The molecule has 194 valence electrons. The van der Waals surface area contributed by atoms with Crippen LogP contribution in [0.3, 0.4) is 0 Å². The Labute approximate surface area is 208 Å². The lowest BCUT2D eigenvalue weighted by Crippen LogP contribution is -2.38. The molecule has 0 saturated carbocycles. The number of halogens is 3. The number of hydrogen-bond donors (Lipinski definition) is 3. The van der Waals surface area contributed by atoms with Crippen LogP contribution in [0.15, 0.2) is 57.6 Å². The maximum atomic E-state index is 14.2. The van der Waals surface area contributed by atoms with Crippen molar-refractivity contribution in [3.05, 3.63) is 70.8 Å². The second kappa shape index (κ2) is 8.93. The number of benzene rings is 2. The van der Waals surface area contributed by atoms with Gasteiger partial charge in [-0.3, -0.25) is 4.52 Å². The number of nitrogens with zero attached hydrogens (tertiary/aromatic N) is 2. The molecule has 0 bridgehead atoms. The number of rotatable bonds is 6. The van der Waals surface area contributed by atoms with E-state index in [1.54, 1.807) is 43.3 Å². The van der Waals surface area contributed by atoms with E-state index in [-0.39, 0.29) is 11.3 Å². The number of aromatic nitrogens is 2. The Hall–Kier alpha value is -3.28. The van der Waals surface area contributed by atoms with E-state index in [9.17, 15) is 17.7 Å². The van der Waals surface area contributed by atoms with Crippen molar-refractivity contribution in [1.29, 1.82) is 0 Å². The summed E-state index contributed by atoms with van der Waals surface area (Å²) < 4.78 is 68.7. The Morgan fingerprint density at radius 3 is 2.38 bits per heavy atom. The maximum absolute atomic E-state index is 14.2. The van der Waals surface area contributed by atoms with Crippen molar-refractivity contribution in [3.63, 3.8) is 0 Å². The van der Waals surface area contributed by atoms with Gasteiger partial charge in [-0.05, 0) is 30.9 Å². The highest BCUT2D eigenvalue weighted by Crippen LogP contribution is 2.47. The molecule has 0 radical (unpaired) electrons. The maximum Gasteiger partial charge on any atom is 0.469 e. The summed E-state index contributed by atoms with van der Waals surface area (Å²) in [5.74, 6) is -0.518. The Balaban J connectivity index is 1.53. The molecule has 0 spiro atoms. The summed E-state index contributed by atoms with van der Waals surface area (Å²) in [7, 11) is -4.71. The predicted molar refractivity (Wildman–Crippen MR) is 125 cm³/mol. The Morgan fingerprint density at radius 2 is 1.70 bits per heavy atom. The second-order valence-corrected chi connectivity index (χ2v) is 10.2. The van der Waals surface area contributed by atoms with Crippen molar-refractivity contribution in [2.24, 2.45) is 5.73 Å². The van der Waals surface area contributed by atoms with Crippen LogP contribution in [0.5, 0.6) is 0 Å². The first-order chi connectivity index (χ1) is 17.4. The van der Waals surface area contributed by atoms with Crippen LogP contribution in [0.2, 0.25) is 0 Å². The lowest BCUT2D eigenvalue weighted by atomic mass is 9.84. The number of phosphoric acid groups is 1. The van der Waals surface area contributed by atoms with Crippen LogP contribution < -0.4 is 5.73 Å². The van der Waals surface area contributed by atoms with Gasteiger partial charge in [-0.1, -0.05) is 58.8 Å². The minimum atomic E-state index is -4.76. The molecule has 4 N–H and O–H groups in total. The molecule has 0 fully saturated rings. The smallest absolute Gasteiger partial charge is 0.355 e. The van der Waals surface area contributed by atoms with Crippen molar-refractivity contribution in [1.82, 2.24) is 10.3 Å². The van der Waals surface area contributed by atoms with Crippen LogP contribution in [0.4, 0.5) is 13.2 Å². The van der Waals surface area contributed by atoms with E-state index in [4.69, 9.17) is 24.6 Å². The number of alkyl halides is 3. The van der Waals surface area contributed by atoms with Crippen LogP contribution in [0.1, 0.15) is 29.2 Å². The number of nitrogens with two attached hydrogens (primary N) is 1. The standard InChI is InChI=1S/C24H21F3N3O6P/c1-23(28,12-34-37(31,32)33)15-8-10-16-14(11-15)7-9-17-19(16)29-36-22(17)20-18(24(25,26)27)21(35-30-20)13-5-3-2-4-6-13/h2-6,8,10-11H,7,9,12,28H2,1H3,(H2,31,32,33). The summed E-state index contributed by atoms with van der Waals surface area (Å²) in [5.41, 5.74) is 6.61. The Bertz CT molecular complexity index is 1510. The highest BCUT2D eigenvalue weighted by atomic mass is 31.2. The Kier molecular flexibility index (Phi) is 6.12. The summed E-state index contributed by atoms with van der Waals surface area (Å²) in [6, 6.07) is 13.0. The molecule has 0 saturated heterocycles. The summed E-state index contributed by atoms with van der Waals surface area (Å²) in [5, 5.41) is 7.79. The van der Waals surface area contributed by atoms with E-state index in [0.717, 1.165) is 5.56 Å². The van der Waals surface area contributed by atoms with Gasteiger partial charge in [0, 0.05) is 16.7 Å². The SMILES string of the molecule is CC(N)(COP(=O)(O)O)c1ccc2c(c1)CCc1c-2noc1-c1noc(-c2ccccc2)c1C(F)(F)F. The van der Waals surface area contributed by atoms with Gasteiger partial charge in [0.25, 0.3) is 0 Å². The average molecular weight is 535 g/mol. The van der Waals surface area contributed by atoms with Crippen LogP contribution in [-0.4, -0.2) is 26.7 Å². The third-order valence-electron chi connectivity index (χ3n) is 6.21. The Morgan fingerprint density at radius 1 is 1.03 bits per heavy atom. The van der Waals surface area contributed by atoms with E-state index in [1.807, 2.05) is 0 Å². The molecule has 9 nitrogen and oxygen atoms in total. The number of hydrogen-bond acceptors (Lipinski definition) is 7. The van der Waals surface area contributed by atoms with Gasteiger partial charge in [-0.25, -0.2) is 4.57 Å². The van der Waals surface area contributed by atoms with Gasteiger partial charge >= 0.3 is 14.0 Å². The number of phosphoric ester groups is 1. The molecule has 4 aromatic rings. The van der Waals surface area contributed by atoms with Crippen molar-refractivity contribution >= 4 is 7.82 Å². The third-order valence-corrected chi connectivity index (χ3v) is 6.68. The molecule has 0 amide bonds. The zero-order valence-electron chi connectivity index (χ0n) is 19.3. The first kappa shape index (κ1) is 25.4. The van der Waals surface area contributed by atoms with Crippen molar-refractivity contribution in [3.8, 4) is 34.0 Å². The van der Waals surface area contributed by atoms with Crippen LogP contribution in [0.25, 0.3) is 34.0 Å². The van der Waals surface area contributed by atoms with Crippen molar-refractivity contribution < 1.29 is 41.1 Å². The van der Waals surface area contributed by atoms with Crippen molar-refractivity contribution in [2.75, 3.05) is 6.61 Å². The molecule has 13 heteroatoms. The normalized spacial score (nSPS) is 15.2. The highest BCUT2D eigenvalue weighted by molar-refractivity contribution is 7.46. The van der Waals surface area contributed by atoms with E-state index in [0.29, 0.717) is 35.2 Å². The quantitative estimate of drug-likeness (QED) is 0.288. The lowest BCUT2D eigenvalue weighted by Gasteiger charge is -2.27. The summed E-state index contributed by atoms with van der Waals surface area (Å²) in [6.45, 7) is 1.14. The molecule has 1 unspecified atom stereocenters. The van der Waals surface area contributed by atoms with Crippen LogP contribution in [0, 0.1) is 0 Å². The first-order valence-corrected chi connectivity index (χ1v) is 12.6. The average Bonchev–Trinajstić information content (AvgIpc) is 3.47. The summed E-state index contributed by atoms with van der Waals surface area (Å²) >= 11 is 0. The van der Waals surface area contributed by atoms with Gasteiger partial charge in [-0.15, -0.1) is 0 Å². The first-order valence-electron chi connectivity index (χ1n) is 11.1. The fourth-order valence-electron chi connectivity index (χ4n) is 4.38. The molecule has 2 aromatic heterocycles. The summed E-state index contributed by atoms with van der Waals surface area (Å²) in [6.07, 6.45) is -4.01. The molecule has 1 atom stereocenters. The van der Waals surface area contributed by atoms with Gasteiger partial charge in [0.2, 0.25) is 0 Å². The monoisotopic (exact) mass is 535 g/mol. The van der Waals surface area contributed by atoms with Gasteiger partial charge in [-0.2, -0.15) is 13.2 Å². The van der Waals surface area contributed by atoms with E-state index in [1.165, 1.54) is 12.1 Å². The minimum absolute atomic E-state index is 0.110. The fraction of sp³-hybridized carbons (Fsp3) is 0.250. The zero-order chi connectivity index (χ0) is 26.6. The molecule has 2 aromatic carbocycles. The molecule has 1 aliphatic carbocycles. The van der Waals surface area contributed by atoms with Gasteiger partial charge < -0.3 is 24.6 Å². The van der Waals surface area contributed by atoms with Crippen LogP contribution in [-0.2, 0) is 33.6 Å². The zero-order valence-corrected chi connectivity index (χ0v) is 20.2. The third kappa shape index (κ3) is 4.86. The van der Waals surface area contributed by atoms with Crippen molar-refractivity contribution in [2.45, 2.75) is 31.5 Å². The predicted octanol–water partition coefficient (Wildman–Crippen LogP) is 5.06. The largest absolute Gasteiger partial charge is 0.469 e. The highest BCUT2D eigenvalue weighted by Gasteiger charge is 2.43. The second-order valence-electron chi connectivity index (χ2n) is 8.99. The topological polar surface area (TPSA) is 145 Å². The molecular weight excluding hydrogens is 514 g/mol. The minimum Gasteiger partial charge on any atom is -0.355 e. The molecule has 2 heterocycles. The summed E-state index contributed by atoms with van der Waals surface area (Å²) in [4.78, 5) is 18.0. The number of fused-ring (bicyclic) bond motifs is 3. The van der Waals surface area contributed by atoms with Gasteiger partial charge in [0.1, 0.15) is 11.3 Å². The molecule has 1 aliphatic rings. The lowest BCUT2D eigenvalue weighted by molar-refractivity contribution is -0.136. The van der Waals surface area contributed by atoms with Gasteiger partial charge in [0.15, 0.2) is 17.2 Å². The molecule has 5 rings (SSSR count). The fourth-order valence-corrected chi connectivity index (χ4v) is 4.82. The van der Waals surface area contributed by atoms with E-state index >= 15 is 0 Å². The van der Waals surface area contributed by atoms with Crippen LogP contribution >= 0.6 is 7.82 Å². The van der Waals surface area contributed by atoms with E-state index < -0.39 is 43.2 Å².